The van der Waals surface area contributed by atoms with Crippen LogP contribution in [-0.4, -0.2) is 43.8 Å². The number of methoxy groups -OCH3 is 1. The van der Waals surface area contributed by atoms with Crippen LogP contribution in [0.3, 0.4) is 0 Å². The standard InChI is InChI=1S/C33H39N7O4S/c1-21-13-14-23(32(41)35-25-17-24(33(2,3)4)18-26(31(25)44-6)37-45(7,42)43)16-28(21)40-20-27(36-38-40)29-19-34-30(39(29)5)15-22-11-9-8-10-12-22/h8-14,16-19,27,37H,15,20H2,1-7H3,(H,35,41). The molecule has 0 radical (unpaired) electrons. The van der Waals surface area contributed by atoms with Crippen molar-refractivity contribution in [3.05, 3.63) is 101 Å². The maximum absolute atomic E-state index is 13.6. The van der Waals surface area contributed by atoms with Crippen molar-refractivity contribution in [2.45, 2.75) is 45.6 Å². The maximum Gasteiger partial charge on any atom is 0.255 e. The van der Waals surface area contributed by atoms with Gasteiger partial charge in [-0.15, -0.1) is 0 Å². The van der Waals surface area contributed by atoms with Crippen LogP contribution in [0.2, 0.25) is 0 Å². The van der Waals surface area contributed by atoms with Gasteiger partial charge in [0.05, 0.1) is 48.9 Å². The number of rotatable bonds is 9. The Morgan fingerprint density at radius 1 is 1.07 bits per heavy atom. The normalized spacial score (nSPS) is 14.9. The monoisotopic (exact) mass is 629 g/mol. The Morgan fingerprint density at radius 3 is 2.44 bits per heavy atom. The number of benzene rings is 3. The maximum atomic E-state index is 13.6. The lowest BCUT2D eigenvalue weighted by Crippen LogP contribution is -2.20. The number of hydrogen-bond acceptors (Lipinski definition) is 8. The summed E-state index contributed by atoms with van der Waals surface area (Å²) in [5.74, 6) is 0.782. The molecule has 0 aliphatic carbocycles. The molecule has 1 amide bonds. The van der Waals surface area contributed by atoms with Crippen molar-refractivity contribution in [2.75, 3.05) is 35.0 Å². The molecule has 3 aromatic carbocycles. The zero-order valence-electron chi connectivity index (χ0n) is 26.6. The summed E-state index contributed by atoms with van der Waals surface area (Å²) < 4.78 is 34.4. The van der Waals surface area contributed by atoms with Crippen LogP contribution in [-0.2, 0) is 28.9 Å². The topological polar surface area (TPSA) is 130 Å². The number of imidazole rings is 1. The molecule has 0 saturated carbocycles. The van der Waals surface area contributed by atoms with Crippen molar-refractivity contribution in [1.29, 1.82) is 0 Å². The molecular weight excluding hydrogens is 590 g/mol. The molecule has 5 rings (SSSR count). The van der Waals surface area contributed by atoms with E-state index in [1.807, 2.05) is 65.2 Å². The molecule has 45 heavy (non-hydrogen) atoms. The van der Waals surface area contributed by atoms with Crippen LogP contribution in [0.1, 0.15) is 65.4 Å². The van der Waals surface area contributed by atoms with E-state index >= 15 is 0 Å². The lowest BCUT2D eigenvalue weighted by atomic mass is 9.86. The highest BCUT2D eigenvalue weighted by Crippen LogP contribution is 2.39. The number of carbonyl (C=O) groups excluding carboxylic acids is 1. The molecule has 12 heteroatoms. The highest BCUT2D eigenvalue weighted by atomic mass is 32.2. The minimum atomic E-state index is -3.60. The van der Waals surface area contributed by atoms with E-state index < -0.39 is 10.0 Å². The van der Waals surface area contributed by atoms with E-state index in [0.717, 1.165) is 41.0 Å². The Labute approximate surface area is 264 Å². The molecule has 1 atom stereocenters. The van der Waals surface area contributed by atoms with Gasteiger partial charge in [0, 0.05) is 19.0 Å². The largest absolute Gasteiger partial charge is 0.492 e. The Bertz CT molecular complexity index is 1860. The summed E-state index contributed by atoms with van der Waals surface area (Å²) in [6.07, 6.45) is 3.64. The van der Waals surface area contributed by atoms with E-state index in [-0.39, 0.29) is 28.8 Å². The summed E-state index contributed by atoms with van der Waals surface area (Å²) >= 11 is 0. The summed E-state index contributed by atoms with van der Waals surface area (Å²) in [4.78, 5) is 18.3. The number of nitrogens with zero attached hydrogens (tertiary/aromatic N) is 5. The third-order valence-electron chi connectivity index (χ3n) is 7.76. The molecule has 0 saturated heterocycles. The highest BCUT2D eigenvalue weighted by Gasteiger charge is 2.28. The second kappa shape index (κ2) is 12.4. The Hall–Kier alpha value is -4.71. The number of nitrogens with one attached hydrogen (secondary N) is 2. The van der Waals surface area contributed by atoms with Crippen LogP contribution in [0.25, 0.3) is 0 Å². The van der Waals surface area contributed by atoms with Gasteiger partial charge in [-0.1, -0.05) is 62.4 Å². The molecular formula is C33H39N7O4S. The summed E-state index contributed by atoms with van der Waals surface area (Å²) in [7, 11) is -0.177. The fourth-order valence-corrected chi connectivity index (χ4v) is 5.80. The molecule has 236 valence electrons. The third kappa shape index (κ3) is 7.17. The average Bonchev–Trinajstić information content (AvgIpc) is 3.59. The first-order valence-corrected chi connectivity index (χ1v) is 16.5. The van der Waals surface area contributed by atoms with E-state index in [1.165, 1.54) is 12.7 Å². The number of sulfonamides is 1. The fraction of sp³-hybridized carbons (Fsp3) is 0.333. The van der Waals surface area contributed by atoms with Crippen molar-refractivity contribution in [3.8, 4) is 5.75 Å². The summed E-state index contributed by atoms with van der Waals surface area (Å²) in [6, 6.07) is 18.9. The second-order valence-electron chi connectivity index (χ2n) is 12.3. The summed E-state index contributed by atoms with van der Waals surface area (Å²) in [5, 5.41) is 13.7. The van der Waals surface area contributed by atoms with Crippen molar-refractivity contribution in [2.24, 2.45) is 17.4 Å². The van der Waals surface area contributed by atoms with Gasteiger partial charge in [0.1, 0.15) is 11.9 Å². The first-order valence-electron chi connectivity index (χ1n) is 14.6. The van der Waals surface area contributed by atoms with Crippen LogP contribution >= 0.6 is 0 Å². The first-order chi connectivity index (χ1) is 21.2. The predicted octanol–water partition coefficient (Wildman–Crippen LogP) is 6.18. The van der Waals surface area contributed by atoms with Gasteiger partial charge < -0.3 is 14.6 Å². The Balaban J connectivity index is 1.37. The summed E-state index contributed by atoms with van der Waals surface area (Å²) in [6.45, 7) is 8.47. The number of aromatic nitrogens is 2. The van der Waals surface area contributed by atoms with Gasteiger partial charge in [0.2, 0.25) is 10.0 Å². The van der Waals surface area contributed by atoms with E-state index in [1.54, 1.807) is 29.3 Å². The third-order valence-corrected chi connectivity index (χ3v) is 8.35. The smallest absolute Gasteiger partial charge is 0.255 e. The number of carbonyl (C=O) groups is 1. The van der Waals surface area contributed by atoms with Crippen LogP contribution in [0.4, 0.5) is 17.1 Å². The minimum Gasteiger partial charge on any atom is -0.492 e. The first kappa shape index (κ1) is 31.7. The lowest BCUT2D eigenvalue weighted by Gasteiger charge is -2.24. The molecule has 0 bridgehead atoms. The molecule has 2 N–H and O–H groups in total. The zero-order valence-corrected chi connectivity index (χ0v) is 27.4. The van der Waals surface area contributed by atoms with Crippen LogP contribution in [0, 0.1) is 6.92 Å². The molecule has 0 fully saturated rings. The van der Waals surface area contributed by atoms with Crippen molar-refractivity contribution in [1.82, 2.24) is 9.55 Å². The Kier molecular flexibility index (Phi) is 8.70. The zero-order chi connectivity index (χ0) is 32.5. The molecule has 1 aromatic heterocycles. The summed E-state index contributed by atoms with van der Waals surface area (Å²) in [5.41, 5.74) is 5.34. The van der Waals surface area contributed by atoms with Gasteiger partial charge in [-0.2, -0.15) is 5.11 Å². The van der Waals surface area contributed by atoms with E-state index in [9.17, 15) is 13.2 Å². The van der Waals surface area contributed by atoms with Gasteiger partial charge in [-0.25, -0.2) is 18.4 Å². The van der Waals surface area contributed by atoms with E-state index in [2.05, 4.69) is 42.1 Å². The molecule has 4 aromatic rings. The highest BCUT2D eigenvalue weighted by molar-refractivity contribution is 7.92. The minimum absolute atomic E-state index is 0.214. The van der Waals surface area contributed by atoms with Gasteiger partial charge in [-0.05, 0) is 53.3 Å². The van der Waals surface area contributed by atoms with Crippen molar-refractivity contribution in [3.63, 3.8) is 0 Å². The SMILES string of the molecule is COc1c(NC(=O)c2ccc(C)c(N3CC(c4cnc(Cc5ccccc5)n4C)N=N3)c2)cc(C(C)(C)C)cc1NS(C)(=O)=O. The number of ether oxygens (including phenoxy) is 1. The Morgan fingerprint density at radius 2 is 1.78 bits per heavy atom. The number of hydrogen-bond donors (Lipinski definition) is 2. The molecule has 11 nitrogen and oxygen atoms in total. The predicted molar refractivity (Wildman–Crippen MR) is 177 cm³/mol. The molecule has 0 spiro atoms. The van der Waals surface area contributed by atoms with Gasteiger partial charge in [0.15, 0.2) is 5.75 Å². The van der Waals surface area contributed by atoms with Gasteiger partial charge in [0.25, 0.3) is 5.91 Å². The van der Waals surface area contributed by atoms with Crippen LogP contribution in [0.5, 0.6) is 5.75 Å². The van der Waals surface area contributed by atoms with E-state index in [4.69, 9.17) is 4.74 Å². The number of anilines is 3. The average molecular weight is 630 g/mol. The van der Waals surface area contributed by atoms with Crippen molar-refractivity contribution < 1.29 is 17.9 Å². The molecule has 1 aliphatic rings. The van der Waals surface area contributed by atoms with E-state index in [0.29, 0.717) is 17.8 Å². The molecule has 1 unspecified atom stereocenters. The van der Waals surface area contributed by atoms with Crippen molar-refractivity contribution >= 4 is 33.0 Å². The van der Waals surface area contributed by atoms with Crippen LogP contribution in [0.15, 0.2) is 77.2 Å². The fourth-order valence-electron chi connectivity index (χ4n) is 5.25. The van der Waals surface area contributed by atoms with Crippen LogP contribution < -0.4 is 19.8 Å². The van der Waals surface area contributed by atoms with Gasteiger partial charge >= 0.3 is 0 Å². The number of amides is 1. The van der Waals surface area contributed by atoms with Gasteiger partial charge in [-0.3, -0.25) is 9.52 Å². The molecule has 2 heterocycles. The number of aryl methyl sites for hydroxylation is 1. The second-order valence-corrected chi connectivity index (χ2v) is 14.1. The molecule has 1 aliphatic heterocycles. The quantitative estimate of drug-likeness (QED) is 0.228. The lowest BCUT2D eigenvalue weighted by molar-refractivity contribution is 0.102.